The van der Waals surface area contributed by atoms with Gasteiger partial charge in [0, 0.05) is 11.4 Å². The monoisotopic (exact) mass is 281 g/mol. The first-order valence-corrected chi connectivity index (χ1v) is 7.53. The van der Waals surface area contributed by atoms with E-state index in [9.17, 15) is 4.79 Å². The summed E-state index contributed by atoms with van der Waals surface area (Å²) < 4.78 is 10.3. The molecule has 1 heterocycles. The van der Waals surface area contributed by atoms with Crippen LogP contribution >= 0.6 is 11.8 Å². The normalized spacial score (nSPS) is 22.0. The van der Waals surface area contributed by atoms with Crippen LogP contribution in [-0.4, -0.2) is 36.7 Å². The van der Waals surface area contributed by atoms with Gasteiger partial charge in [0.1, 0.15) is 11.3 Å². The largest absolute Gasteiger partial charge is 0.497 e. The maximum Gasteiger partial charge on any atom is 0.332 e. The molecular weight excluding hydrogens is 262 g/mol. The Bertz CT molecular complexity index is 427. The van der Waals surface area contributed by atoms with Crippen LogP contribution in [0.3, 0.4) is 0 Å². The van der Waals surface area contributed by atoms with Gasteiger partial charge in [0.2, 0.25) is 0 Å². The minimum Gasteiger partial charge on any atom is -0.497 e. The summed E-state index contributed by atoms with van der Waals surface area (Å²) in [6.07, 6.45) is 0.794. The topological polar surface area (TPSA) is 47.6 Å². The van der Waals surface area contributed by atoms with Gasteiger partial charge in [0.25, 0.3) is 0 Å². The first kappa shape index (κ1) is 14.1. The van der Waals surface area contributed by atoms with Gasteiger partial charge in [-0.15, -0.1) is 0 Å². The first-order chi connectivity index (χ1) is 9.20. The van der Waals surface area contributed by atoms with E-state index in [4.69, 9.17) is 9.47 Å². The molecule has 4 nitrogen and oxygen atoms in total. The number of nitrogens with one attached hydrogen (secondary N) is 1. The highest BCUT2D eigenvalue weighted by Crippen LogP contribution is 2.33. The van der Waals surface area contributed by atoms with Gasteiger partial charge in [-0.2, -0.15) is 11.8 Å². The summed E-state index contributed by atoms with van der Waals surface area (Å²) in [5, 5.41) is 3.34. The van der Waals surface area contributed by atoms with Crippen molar-refractivity contribution in [2.24, 2.45) is 0 Å². The maximum atomic E-state index is 12.2. The Morgan fingerprint density at radius 1 is 1.42 bits per heavy atom. The number of esters is 1. The van der Waals surface area contributed by atoms with E-state index in [0.29, 0.717) is 6.61 Å². The zero-order valence-electron chi connectivity index (χ0n) is 11.3. The van der Waals surface area contributed by atoms with Crippen molar-refractivity contribution in [2.45, 2.75) is 18.9 Å². The van der Waals surface area contributed by atoms with Gasteiger partial charge in [0.15, 0.2) is 0 Å². The molecule has 0 spiro atoms. The fourth-order valence-electron chi connectivity index (χ4n) is 2.10. The highest BCUT2D eigenvalue weighted by atomic mass is 32.2. The maximum absolute atomic E-state index is 12.2. The van der Waals surface area contributed by atoms with Crippen molar-refractivity contribution in [3.05, 3.63) is 24.3 Å². The van der Waals surface area contributed by atoms with Gasteiger partial charge in [-0.3, -0.25) is 0 Å². The SMILES string of the molecule is CCOC(=O)C1(Nc2ccc(OC)cc2)CCSC1. The number of methoxy groups -OCH3 is 1. The second kappa shape index (κ2) is 6.19. The van der Waals surface area contributed by atoms with Crippen LogP contribution in [-0.2, 0) is 9.53 Å². The van der Waals surface area contributed by atoms with Crippen LogP contribution in [0.1, 0.15) is 13.3 Å². The average molecular weight is 281 g/mol. The predicted molar refractivity (Wildman–Crippen MR) is 77.9 cm³/mol. The summed E-state index contributed by atoms with van der Waals surface area (Å²) in [4.78, 5) is 12.2. The smallest absolute Gasteiger partial charge is 0.332 e. The Kier molecular flexibility index (Phi) is 4.58. The Labute approximate surface area is 117 Å². The number of carbonyl (C=O) groups excluding carboxylic acids is 1. The van der Waals surface area contributed by atoms with Crippen molar-refractivity contribution in [1.82, 2.24) is 0 Å². The molecule has 2 rings (SSSR count). The van der Waals surface area contributed by atoms with E-state index in [1.54, 1.807) is 18.9 Å². The molecule has 1 unspecified atom stereocenters. The molecular formula is C14H19NO3S. The molecule has 19 heavy (non-hydrogen) atoms. The summed E-state index contributed by atoms with van der Waals surface area (Å²) in [6.45, 7) is 2.25. The van der Waals surface area contributed by atoms with E-state index < -0.39 is 5.54 Å². The number of ether oxygens (including phenoxy) is 2. The molecule has 0 saturated carbocycles. The van der Waals surface area contributed by atoms with Gasteiger partial charge in [0.05, 0.1) is 13.7 Å². The summed E-state index contributed by atoms with van der Waals surface area (Å²) in [5.41, 5.74) is 0.325. The molecule has 0 aliphatic carbocycles. The van der Waals surface area contributed by atoms with Crippen molar-refractivity contribution < 1.29 is 14.3 Å². The minimum absolute atomic E-state index is 0.157. The molecule has 1 aromatic carbocycles. The Hall–Kier alpha value is -1.36. The number of carbonyl (C=O) groups is 1. The summed E-state index contributed by atoms with van der Waals surface area (Å²) in [6, 6.07) is 7.60. The summed E-state index contributed by atoms with van der Waals surface area (Å²) in [7, 11) is 1.64. The highest BCUT2D eigenvalue weighted by molar-refractivity contribution is 7.99. The van der Waals surface area contributed by atoms with Crippen molar-refractivity contribution in [3.8, 4) is 5.75 Å². The Morgan fingerprint density at radius 2 is 2.16 bits per heavy atom. The van der Waals surface area contributed by atoms with Crippen molar-refractivity contribution in [3.63, 3.8) is 0 Å². The van der Waals surface area contributed by atoms with Crippen molar-refractivity contribution in [2.75, 3.05) is 30.5 Å². The van der Waals surface area contributed by atoms with Gasteiger partial charge >= 0.3 is 5.97 Å². The van der Waals surface area contributed by atoms with Crippen molar-refractivity contribution >= 4 is 23.4 Å². The van der Waals surface area contributed by atoms with Crippen LogP contribution in [0.15, 0.2) is 24.3 Å². The van der Waals surface area contributed by atoms with E-state index in [1.165, 1.54) is 0 Å². The second-order valence-corrected chi connectivity index (χ2v) is 5.56. The minimum atomic E-state index is -0.588. The van der Waals surface area contributed by atoms with Crippen LogP contribution in [0.5, 0.6) is 5.75 Å². The third-order valence-corrected chi connectivity index (χ3v) is 4.35. The van der Waals surface area contributed by atoms with Crippen LogP contribution in [0.25, 0.3) is 0 Å². The zero-order valence-corrected chi connectivity index (χ0v) is 12.1. The van der Waals surface area contributed by atoms with Gasteiger partial charge < -0.3 is 14.8 Å². The Balaban J connectivity index is 2.13. The lowest BCUT2D eigenvalue weighted by atomic mass is 9.98. The number of hydrogen-bond donors (Lipinski definition) is 1. The average Bonchev–Trinajstić information content (AvgIpc) is 2.90. The molecule has 1 saturated heterocycles. The molecule has 1 aliphatic heterocycles. The molecule has 0 amide bonds. The molecule has 1 fully saturated rings. The third-order valence-electron chi connectivity index (χ3n) is 3.16. The van der Waals surface area contributed by atoms with Crippen LogP contribution in [0.2, 0.25) is 0 Å². The molecule has 1 atom stereocenters. The van der Waals surface area contributed by atoms with Gasteiger partial charge in [-0.05, 0) is 43.4 Å². The summed E-state index contributed by atoms with van der Waals surface area (Å²) >= 11 is 1.77. The Morgan fingerprint density at radius 3 is 2.68 bits per heavy atom. The standard InChI is InChI=1S/C14H19NO3S/c1-3-18-13(16)14(8-9-19-10-14)15-11-4-6-12(17-2)7-5-11/h4-7,15H,3,8-10H2,1-2H3. The number of benzene rings is 1. The molecule has 0 bridgehead atoms. The van der Waals surface area contributed by atoms with E-state index >= 15 is 0 Å². The van der Waals surface area contributed by atoms with E-state index in [1.807, 2.05) is 31.2 Å². The fraction of sp³-hybridized carbons (Fsp3) is 0.500. The van der Waals surface area contributed by atoms with E-state index in [0.717, 1.165) is 29.4 Å². The molecule has 104 valence electrons. The predicted octanol–water partition coefficient (Wildman–Crippen LogP) is 2.55. The molecule has 5 heteroatoms. The van der Waals surface area contributed by atoms with Crippen LogP contribution in [0.4, 0.5) is 5.69 Å². The summed E-state index contributed by atoms with van der Waals surface area (Å²) in [5.74, 6) is 2.37. The third kappa shape index (κ3) is 3.15. The lowest BCUT2D eigenvalue weighted by Gasteiger charge is -2.28. The molecule has 0 aromatic heterocycles. The van der Waals surface area contributed by atoms with E-state index in [2.05, 4.69) is 5.32 Å². The molecule has 1 N–H and O–H groups in total. The first-order valence-electron chi connectivity index (χ1n) is 6.37. The van der Waals surface area contributed by atoms with Gasteiger partial charge in [-0.1, -0.05) is 0 Å². The number of thioether (sulfide) groups is 1. The van der Waals surface area contributed by atoms with Crippen LogP contribution < -0.4 is 10.1 Å². The highest BCUT2D eigenvalue weighted by Gasteiger charge is 2.43. The fourth-order valence-corrected chi connectivity index (χ4v) is 3.42. The molecule has 1 aromatic rings. The quantitative estimate of drug-likeness (QED) is 0.840. The number of rotatable bonds is 5. The van der Waals surface area contributed by atoms with Gasteiger partial charge in [-0.25, -0.2) is 4.79 Å². The molecule has 0 radical (unpaired) electrons. The van der Waals surface area contributed by atoms with Crippen LogP contribution in [0, 0.1) is 0 Å². The number of anilines is 1. The zero-order chi connectivity index (χ0) is 13.7. The second-order valence-electron chi connectivity index (χ2n) is 4.46. The molecule has 1 aliphatic rings. The lowest BCUT2D eigenvalue weighted by Crippen LogP contribution is -2.47. The number of hydrogen-bond acceptors (Lipinski definition) is 5. The van der Waals surface area contributed by atoms with E-state index in [-0.39, 0.29) is 5.97 Å². The lowest BCUT2D eigenvalue weighted by molar-refractivity contribution is -0.147. The van der Waals surface area contributed by atoms with Crippen molar-refractivity contribution in [1.29, 1.82) is 0 Å².